The molecule has 0 radical (unpaired) electrons. The minimum Gasteiger partial charge on any atom is -0.490 e. The van der Waals surface area contributed by atoms with Crippen molar-refractivity contribution in [2.75, 3.05) is 23.8 Å². The van der Waals surface area contributed by atoms with Crippen LogP contribution in [0.2, 0.25) is 10.0 Å². The molecule has 0 atom stereocenters. The lowest BCUT2D eigenvalue weighted by Crippen LogP contribution is -2.20. The lowest BCUT2D eigenvalue weighted by molar-refractivity contribution is -0.118. The van der Waals surface area contributed by atoms with Crippen LogP contribution in [-0.4, -0.2) is 25.0 Å². The zero-order valence-electron chi connectivity index (χ0n) is 20.5. The Morgan fingerprint density at radius 1 is 0.946 bits per heavy atom. The van der Waals surface area contributed by atoms with E-state index >= 15 is 0 Å². The Hall–Kier alpha value is -3.99. The first-order chi connectivity index (χ1) is 17.7. The highest BCUT2D eigenvalue weighted by atomic mass is 35.5. The Labute approximate surface area is 225 Å². The molecule has 7 nitrogen and oxygen atoms in total. The van der Waals surface area contributed by atoms with Crippen molar-refractivity contribution in [2.45, 2.75) is 20.8 Å². The van der Waals surface area contributed by atoms with Crippen molar-refractivity contribution in [1.82, 2.24) is 0 Å². The van der Waals surface area contributed by atoms with Crippen LogP contribution in [0.25, 0.3) is 6.08 Å². The van der Waals surface area contributed by atoms with Gasteiger partial charge in [0.25, 0.3) is 11.8 Å². The summed E-state index contributed by atoms with van der Waals surface area (Å²) in [5.74, 6) is -0.505. The number of nitriles is 1. The number of hydrogen-bond donors (Lipinski definition) is 2. The average Bonchev–Trinajstić information content (AvgIpc) is 2.85. The minimum atomic E-state index is -0.595. The smallest absolute Gasteiger partial charge is 0.266 e. The van der Waals surface area contributed by atoms with Gasteiger partial charge in [-0.3, -0.25) is 9.59 Å². The van der Waals surface area contributed by atoms with Gasteiger partial charge in [-0.05, 0) is 92.1 Å². The summed E-state index contributed by atoms with van der Waals surface area (Å²) in [6, 6.07) is 17.1. The highest BCUT2D eigenvalue weighted by molar-refractivity contribution is 6.32. The molecule has 2 N–H and O–H groups in total. The topological polar surface area (TPSA) is 100 Å². The maximum atomic E-state index is 12.6. The SMILES string of the molecule is CCOc1cc(/C=C(/C#N)C(=O)Nc2ccc(Cl)cc2)cc(Cl)c1OCC(=O)Nc1ccc(C)c(C)c1. The molecular weight excluding hydrogens is 513 g/mol. The molecule has 0 aliphatic carbocycles. The highest BCUT2D eigenvalue weighted by Gasteiger charge is 2.16. The molecule has 3 aromatic rings. The van der Waals surface area contributed by atoms with Gasteiger partial charge in [0.15, 0.2) is 18.1 Å². The molecule has 3 aromatic carbocycles. The van der Waals surface area contributed by atoms with Gasteiger partial charge in [0, 0.05) is 16.4 Å². The van der Waals surface area contributed by atoms with Crippen LogP contribution >= 0.6 is 23.2 Å². The minimum absolute atomic E-state index is 0.144. The summed E-state index contributed by atoms with van der Waals surface area (Å²) >= 11 is 12.3. The highest BCUT2D eigenvalue weighted by Crippen LogP contribution is 2.37. The average molecular weight is 538 g/mol. The first kappa shape index (κ1) is 27.6. The van der Waals surface area contributed by atoms with E-state index in [2.05, 4.69) is 10.6 Å². The number of benzene rings is 3. The van der Waals surface area contributed by atoms with Crippen molar-refractivity contribution in [3.63, 3.8) is 0 Å². The van der Waals surface area contributed by atoms with Crippen LogP contribution in [-0.2, 0) is 9.59 Å². The van der Waals surface area contributed by atoms with Gasteiger partial charge in [-0.2, -0.15) is 5.26 Å². The number of aryl methyl sites for hydroxylation is 2. The first-order valence-corrected chi connectivity index (χ1v) is 12.1. The maximum Gasteiger partial charge on any atom is 0.266 e. The van der Waals surface area contributed by atoms with E-state index in [-0.39, 0.29) is 34.6 Å². The van der Waals surface area contributed by atoms with E-state index in [0.717, 1.165) is 11.1 Å². The van der Waals surface area contributed by atoms with E-state index in [4.69, 9.17) is 32.7 Å². The van der Waals surface area contributed by atoms with Crippen molar-refractivity contribution in [3.05, 3.63) is 86.9 Å². The molecule has 0 fully saturated rings. The molecule has 0 unspecified atom stereocenters. The van der Waals surface area contributed by atoms with E-state index in [0.29, 0.717) is 28.6 Å². The Bertz CT molecular complexity index is 1380. The zero-order valence-corrected chi connectivity index (χ0v) is 22.0. The normalized spacial score (nSPS) is 10.9. The van der Waals surface area contributed by atoms with Crippen molar-refractivity contribution in [2.24, 2.45) is 0 Å². The van der Waals surface area contributed by atoms with E-state index in [1.54, 1.807) is 37.3 Å². The summed E-state index contributed by atoms with van der Waals surface area (Å²) in [5, 5.41) is 15.7. The number of rotatable bonds is 9. The number of halogens is 2. The van der Waals surface area contributed by atoms with Crippen LogP contribution < -0.4 is 20.1 Å². The maximum absolute atomic E-state index is 12.6. The van der Waals surface area contributed by atoms with Crippen LogP contribution in [0.15, 0.2) is 60.2 Å². The second-order valence-corrected chi connectivity index (χ2v) is 8.87. The van der Waals surface area contributed by atoms with Crippen LogP contribution in [0.5, 0.6) is 11.5 Å². The standard InChI is InChI=1S/C28H25Cl2N3O4/c1-4-36-25-14-19(12-20(15-31)28(35)33-22-9-6-21(29)7-10-22)13-24(30)27(25)37-16-26(34)32-23-8-5-17(2)18(3)11-23/h5-14H,4,16H2,1-3H3,(H,32,34)(H,33,35)/b20-12-. The Morgan fingerprint density at radius 3 is 2.30 bits per heavy atom. The van der Waals surface area contributed by atoms with Gasteiger partial charge in [0.05, 0.1) is 11.6 Å². The summed E-state index contributed by atoms with van der Waals surface area (Å²) in [6.07, 6.45) is 1.38. The Morgan fingerprint density at radius 2 is 1.65 bits per heavy atom. The van der Waals surface area contributed by atoms with Crippen LogP contribution in [0, 0.1) is 25.2 Å². The number of carbonyl (C=O) groups is 2. The van der Waals surface area contributed by atoms with Crippen molar-refractivity contribution in [3.8, 4) is 17.6 Å². The summed E-state index contributed by atoms with van der Waals surface area (Å²) in [4.78, 5) is 25.0. The number of amides is 2. The quantitative estimate of drug-likeness (QED) is 0.237. The first-order valence-electron chi connectivity index (χ1n) is 11.3. The summed E-state index contributed by atoms with van der Waals surface area (Å²) in [7, 11) is 0. The molecule has 0 saturated carbocycles. The zero-order chi connectivity index (χ0) is 26.9. The molecule has 2 amide bonds. The van der Waals surface area contributed by atoms with Gasteiger partial charge in [-0.25, -0.2) is 0 Å². The van der Waals surface area contributed by atoms with E-state index in [9.17, 15) is 14.9 Å². The van der Waals surface area contributed by atoms with Crippen molar-refractivity contribution >= 4 is 52.5 Å². The third-order valence-electron chi connectivity index (χ3n) is 5.25. The number of nitrogens with zero attached hydrogens (tertiary/aromatic N) is 1. The van der Waals surface area contributed by atoms with Gasteiger partial charge in [-0.1, -0.05) is 29.3 Å². The molecule has 3 rings (SSSR count). The fourth-order valence-electron chi connectivity index (χ4n) is 3.28. The third-order valence-corrected chi connectivity index (χ3v) is 5.78. The monoisotopic (exact) mass is 537 g/mol. The van der Waals surface area contributed by atoms with E-state index in [1.807, 2.05) is 38.1 Å². The fourth-order valence-corrected chi connectivity index (χ4v) is 3.67. The lowest BCUT2D eigenvalue weighted by atomic mass is 10.1. The molecule has 190 valence electrons. The number of ether oxygens (including phenoxy) is 2. The Balaban J connectivity index is 1.76. The number of carbonyl (C=O) groups excluding carboxylic acids is 2. The van der Waals surface area contributed by atoms with Crippen LogP contribution in [0.4, 0.5) is 11.4 Å². The summed E-state index contributed by atoms with van der Waals surface area (Å²) in [5.41, 5.74) is 3.64. The van der Waals surface area contributed by atoms with Crippen LogP contribution in [0.3, 0.4) is 0 Å². The molecule has 0 heterocycles. The molecule has 0 aliphatic rings. The molecule has 37 heavy (non-hydrogen) atoms. The Kier molecular flexibility index (Phi) is 9.56. The molecule has 0 aromatic heterocycles. The third kappa shape index (κ3) is 7.74. The molecule has 0 aliphatic heterocycles. The van der Waals surface area contributed by atoms with Crippen molar-refractivity contribution in [1.29, 1.82) is 5.26 Å². The van der Waals surface area contributed by atoms with Gasteiger partial charge >= 0.3 is 0 Å². The van der Waals surface area contributed by atoms with Gasteiger partial charge in [0.1, 0.15) is 11.6 Å². The predicted molar refractivity (Wildman–Crippen MR) is 146 cm³/mol. The lowest BCUT2D eigenvalue weighted by Gasteiger charge is -2.15. The molecule has 0 spiro atoms. The predicted octanol–water partition coefficient (Wildman–Crippen LogP) is 6.57. The van der Waals surface area contributed by atoms with Crippen molar-refractivity contribution < 1.29 is 19.1 Å². The number of anilines is 2. The largest absolute Gasteiger partial charge is 0.490 e. The van der Waals surface area contributed by atoms with Gasteiger partial charge in [-0.15, -0.1) is 0 Å². The van der Waals surface area contributed by atoms with Gasteiger partial charge in [0.2, 0.25) is 0 Å². The van der Waals surface area contributed by atoms with E-state index in [1.165, 1.54) is 12.1 Å². The summed E-state index contributed by atoms with van der Waals surface area (Å²) in [6.45, 7) is 5.75. The second-order valence-electron chi connectivity index (χ2n) is 8.03. The number of nitrogens with one attached hydrogen (secondary N) is 2. The molecule has 9 heteroatoms. The molecule has 0 bridgehead atoms. The molecule has 0 saturated heterocycles. The van der Waals surface area contributed by atoms with Crippen LogP contribution in [0.1, 0.15) is 23.6 Å². The fraction of sp³-hybridized carbons (Fsp3) is 0.179. The number of hydrogen-bond acceptors (Lipinski definition) is 5. The second kappa shape index (κ2) is 12.8. The molecular formula is C28H25Cl2N3O4. The summed E-state index contributed by atoms with van der Waals surface area (Å²) < 4.78 is 11.3. The van der Waals surface area contributed by atoms with E-state index < -0.39 is 5.91 Å². The van der Waals surface area contributed by atoms with Gasteiger partial charge < -0.3 is 20.1 Å².